The maximum Gasteiger partial charge on any atom is 0.337 e. The Morgan fingerprint density at radius 2 is 2.32 bits per heavy atom. The second-order valence-corrected chi connectivity index (χ2v) is 6.02. The van der Waals surface area contributed by atoms with Gasteiger partial charge in [0.05, 0.1) is 17.4 Å². The predicted octanol–water partition coefficient (Wildman–Crippen LogP) is 0.700. The van der Waals surface area contributed by atoms with Gasteiger partial charge in [0.25, 0.3) is 0 Å². The molecule has 0 aliphatic carbocycles. The molecule has 1 atom stereocenters. The quantitative estimate of drug-likeness (QED) is 0.825. The fourth-order valence-corrected chi connectivity index (χ4v) is 3.08. The summed E-state index contributed by atoms with van der Waals surface area (Å²) in [5, 5.41) is 8.70. The number of carboxylic acids is 1. The van der Waals surface area contributed by atoms with Crippen LogP contribution in [0.5, 0.6) is 0 Å². The maximum absolute atomic E-state index is 11.8. The van der Waals surface area contributed by atoms with Crippen molar-refractivity contribution in [3.8, 4) is 0 Å². The van der Waals surface area contributed by atoms with Crippen LogP contribution in [0, 0.1) is 0 Å². The lowest BCUT2D eigenvalue weighted by molar-refractivity contribution is 0.0696. The number of aromatic nitrogens is 1. The van der Waals surface area contributed by atoms with Crippen molar-refractivity contribution in [2.75, 3.05) is 17.1 Å². The van der Waals surface area contributed by atoms with Gasteiger partial charge >= 0.3 is 5.97 Å². The van der Waals surface area contributed by atoms with E-state index in [9.17, 15) is 13.2 Å². The van der Waals surface area contributed by atoms with E-state index in [1.165, 1.54) is 12.1 Å². The lowest BCUT2D eigenvalue weighted by Gasteiger charge is -2.11. The summed E-state index contributed by atoms with van der Waals surface area (Å²) >= 11 is 0. The number of carboxylic acid groups (broad SMARTS) is 1. The van der Waals surface area contributed by atoms with Crippen LogP contribution in [0.3, 0.4) is 0 Å². The average Bonchev–Trinajstić information content (AvgIpc) is 2.81. The second kappa shape index (κ2) is 5.54. The molecule has 0 saturated carbocycles. The van der Waals surface area contributed by atoms with Crippen LogP contribution in [0.4, 0.5) is 5.82 Å². The highest BCUT2D eigenvalue weighted by molar-refractivity contribution is 7.92. The zero-order chi connectivity index (χ0) is 13.9. The molecule has 2 heterocycles. The number of nitrogens with one attached hydrogen (secondary N) is 1. The largest absolute Gasteiger partial charge is 0.478 e. The Morgan fingerprint density at radius 3 is 2.84 bits per heavy atom. The lowest BCUT2D eigenvalue weighted by Crippen LogP contribution is -2.26. The first-order valence-electron chi connectivity index (χ1n) is 5.78. The van der Waals surface area contributed by atoms with Crippen molar-refractivity contribution >= 4 is 21.8 Å². The average molecular weight is 286 g/mol. The first-order valence-corrected chi connectivity index (χ1v) is 7.43. The van der Waals surface area contributed by atoms with E-state index < -0.39 is 16.0 Å². The van der Waals surface area contributed by atoms with E-state index in [1.807, 2.05) is 0 Å². The lowest BCUT2D eigenvalue weighted by atomic mass is 10.3. The topological polar surface area (TPSA) is 106 Å². The molecular formula is C11H14N2O5S. The first kappa shape index (κ1) is 13.8. The van der Waals surface area contributed by atoms with Crippen LogP contribution in [0.2, 0.25) is 0 Å². The number of anilines is 1. The van der Waals surface area contributed by atoms with Crippen molar-refractivity contribution in [1.29, 1.82) is 0 Å². The van der Waals surface area contributed by atoms with Crippen LogP contribution >= 0.6 is 0 Å². The van der Waals surface area contributed by atoms with E-state index >= 15 is 0 Å². The van der Waals surface area contributed by atoms with Crippen molar-refractivity contribution in [3.05, 3.63) is 23.9 Å². The smallest absolute Gasteiger partial charge is 0.337 e. The highest BCUT2D eigenvalue weighted by Crippen LogP contribution is 2.15. The van der Waals surface area contributed by atoms with E-state index in [1.54, 1.807) is 0 Å². The Kier molecular flexibility index (Phi) is 4.01. The van der Waals surface area contributed by atoms with Crippen LogP contribution in [0.1, 0.15) is 23.2 Å². The Labute approximate surface area is 110 Å². The molecule has 0 spiro atoms. The molecule has 0 bridgehead atoms. The van der Waals surface area contributed by atoms with Crippen molar-refractivity contribution in [2.24, 2.45) is 0 Å². The molecule has 104 valence electrons. The van der Waals surface area contributed by atoms with Gasteiger partial charge in [-0.05, 0) is 25.0 Å². The van der Waals surface area contributed by atoms with Gasteiger partial charge in [-0.15, -0.1) is 0 Å². The zero-order valence-electron chi connectivity index (χ0n) is 10.1. The normalized spacial score (nSPS) is 19.3. The summed E-state index contributed by atoms with van der Waals surface area (Å²) in [4.78, 5) is 14.4. The summed E-state index contributed by atoms with van der Waals surface area (Å²) < 4.78 is 31.2. The molecular weight excluding hydrogens is 272 g/mol. The van der Waals surface area contributed by atoms with Crippen LogP contribution < -0.4 is 4.72 Å². The van der Waals surface area contributed by atoms with Gasteiger partial charge in [-0.2, -0.15) is 0 Å². The number of hydrogen-bond acceptors (Lipinski definition) is 5. The van der Waals surface area contributed by atoms with Crippen LogP contribution in [0.15, 0.2) is 18.3 Å². The van der Waals surface area contributed by atoms with Gasteiger partial charge in [-0.25, -0.2) is 18.2 Å². The SMILES string of the molecule is O=C(O)c1ccc(NS(=O)(=O)CC2CCCO2)nc1. The van der Waals surface area contributed by atoms with Crippen LogP contribution in [-0.4, -0.2) is 42.9 Å². The number of nitrogens with zero attached hydrogens (tertiary/aromatic N) is 1. The molecule has 1 aliphatic rings. The molecule has 1 unspecified atom stereocenters. The monoisotopic (exact) mass is 286 g/mol. The Balaban J connectivity index is 2.00. The van der Waals surface area contributed by atoms with Gasteiger partial charge in [0.15, 0.2) is 0 Å². The minimum atomic E-state index is -3.54. The first-order chi connectivity index (χ1) is 8.96. The predicted molar refractivity (Wildman–Crippen MR) is 67.6 cm³/mol. The Morgan fingerprint density at radius 1 is 1.53 bits per heavy atom. The Hall–Kier alpha value is -1.67. The van der Waals surface area contributed by atoms with E-state index in [0.29, 0.717) is 6.61 Å². The number of hydrogen-bond donors (Lipinski definition) is 2. The molecule has 1 aromatic rings. The summed E-state index contributed by atoms with van der Waals surface area (Å²) in [6.07, 6.45) is 2.42. The van der Waals surface area contributed by atoms with Gasteiger partial charge < -0.3 is 9.84 Å². The molecule has 1 fully saturated rings. The van der Waals surface area contributed by atoms with E-state index in [4.69, 9.17) is 9.84 Å². The summed E-state index contributed by atoms with van der Waals surface area (Å²) in [5.74, 6) is -1.13. The number of sulfonamides is 1. The van der Waals surface area contributed by atoms with Gasteiger partial charge in [-0.1, -0.05) is 0 Å². The van der Waals surface area contributed by atoms with Crippen LogP contribution in [-0.2, 0) is 14.8 Å². The summed E-state index contributed by atoms with van der Waals surface area (Å²) in [6, 6.07) is 2.61. The highest BCUT2D eigenvalue weighted by Gasteiger charge is 2.23. The minimum Gasteiger partial charge on any atom is -0.478 e. The molecule has 2 N–H and O–H groups in total. The number of pyridine rings is 1. The fourth-order valence-electron chi connectivity index (χ4n) is 1.80. The van der Waals surface area contributed by atoms with Gasteiger partial charge in [0.1, 0.15) is 5.82 Å². The third-order valence-electron chi connectivity index (χ3n) is 2.70. The Bertz CT molecular complexity index is 549. The van der Waals surface area contributed by atoms with Crippen LogP contribution in [0.25, 0.3) is 0 Å². The van der Waals surface area contributed by atoms with Crippen molar-refractivity contribution < 1.29 is 23.1 Å². The molecule has 1 aliphatic heterocycles. The molecule has 2 rings (SSSR count). The number of rotatable bonds is 5. The maximum atomic E-state index is 11.8. The minimum absolute atomic E-state index is 0.00192. The second-order valence-electron chi connectivity index (χ2n) is 4.26. The highest BCUT2D eigenvalue weighted by atomic mass is 32.2. The molecule has 8 heteroatoms. The molecule has 0 radical (unpaired) electrons. The molecule has 0 amide bonds. The van der Waals surface area contributed by atoms with E-state index in [0.717, 1.165) is 19.0 Å². The summed E-state index contributed by atoms with van der Waals surface area (Å²) in [6.45, 7) is 0.589. The van der Waals surface area contributed by atoms with E-state index in [-0.39, 0.29) is 23.2 Å². The molecule has 0 aromatic carbocycles. The zero-order valence-corrected chi connectivity index (χ0v) is 10.9. The molecule has 1 saturated heterocycles. The number of carbonyl (C=O) groups is 1. The van der Waals surface area contributed by atoms with Crippen molar-refractivity contribution in [1.82, 2.24) is 4.98 Å². The summed E-state index contributed by atoms with van der Waals surface area (Å²) in [5.41, 5.74) is 0.00192. The van der Waals surface area contributed by atoms with Gasteiger partial charge in [0.2, 0.25) is 10.0 Å². The number of aromatic carboxylic acids is 1. The molecule has 7 nitrogen and oxygen atoms in total. The molecule has 1 aromatic heterocycles. The molecule has 19 heavy (non-hydrogen) atoms. The van der Waals surface area contributed by atoms with Gasteiger partial charge in [0, 0.05) is 12.8 Å². The van der Waals surface area contributed by atoms with Crippen molar-refractivity contribution in [2.45, 2.75) is 18.9 Å². The number of ether oxygens (including phenoxy) is 1. The standard InChI is InChI=1S/C11H14N2O5S/c14-11(15)8-3-4-10(12-6-8)13-19(16,17)7-9-2-1-5-18-9/h3-4,6,9H,1-2,5,7H2,(H,12,13)(H,14,15). The fraction of sp³-hybridized carbons (Fsp3) is 0.455. The third-order valence-corrected chi connectivity index (χ3v) is 4.03. The van der Waals surface area contributed by atoms with Crippen molar-refractivity contribution in [3.63, 3.8) is 0 Å². The third kappa shape index (κ3) is 3.90. The summed E-state index contributed by atoms with van der Waals surface area (Å²) in [7, 11) is -3.54. The van der Waals surface area contributed by atoms with E-state index in [2.05, 4.69) is 9.71 Å². The van der Waals surface area contributed by atoms with Gasteiger partial charge in [-0.3, -0.25) is 4.72 Å².